The van der Waals surface area contributed by atoms with Gasteiger partial charge in [0, 0.05) is 0 Å². The highest BCUT2D eigenvalue weighted by Gasteiger charge is 2.83. The molecule has 0 aromatic rings. The quantitative estimate of drug-likeness (QED) is 0.285. The summed E-state index contributed by atoms with van der Waals surface area (Å²) >= 11 is 0. The number of rotatable bonds is 6. The standard InChI is InChI=1S/2C17H28O8Si/c2*1-14(2)21-10-8-20-17(12(10)23-14,25-26(5,6)7)16-11(9-19-13(16)18)22-15(3,4)24-16/h2*10-12H,8-9H2,1-7H3/t2*10-,11-,12-,16-,17+/m11/s1. The lowest BCUT2D eigenvalue weighted by molar-refractivity contribution is -0.320. The van der Waals surface area contributed by atoms with Crippen molar-refractivity contribution < 1.29 is 75.3 Å². The Hall–Kier alpha value is -1.11. The third-order valence-corrected chi connectivity index (χ3v) is 11.7. The highest BCUT2D eigenvalue weighted by atomic mass is 28.4. The molecule has 0 spiro atoms. The Balaban J connectivity index is 0.000000162. The van der Waals surface area contributed by atoms with Gasteiger partial charge in [0.1, 0.15) is 49.8 Å². The summed E-state index contributed by atoms with van der Waals surface area (Å²) in [6.45, 7) is 27.2. The summed E-state index contributed by atoms with van der Waals surface area (Å²) in [6.07, 6.45) is -3.28. The van der Waals surface area contributed by atoms with Crippen LogP contribution in [0, 0.1) is 0 Å². The van der Waals surface area contributed by atoms with Gasteiger partial charge in [0.15, 0.2) is 39.8 Å². The van der Waals surface area contributed by atoms with Crippen LogP contribution < -0.4 is 0 Å². The van der Waals surface area contributed by atoms with Crippen LogP contribution in [-0.2, 0) is 75.3 Å². The lowest BCUT2D eigenvalue weighted by Gasteiger charge is -2.46. The fourth-order valence-corrected chi connectivity index (χ4v) is 11.3. The maximum absolute atomic E-state index is 13.0. The second-order valence-corrected chi connectivity index (χ2v) is 27.3. The van der Waals surface area contributed by atoms with Crippen molar-refractivity contribution in [2.75, 3.05) is 26.4 Å². The first-order chi connectivity index (χ1) is 23.6. The van der Waals surface area contributed by atoms with Crippen LogP contribution in [0.4, 0.5) is 0 Å². The zero-order chi connectivity index (χ0) is 38.3. The maximum atomic E-state index is 13.0. The molecule has 0 N–H and O–H groups in total. The molecule has 8 rings (SSSR count). The smallest absolute Gasteiger partial charge is 0.347 e. The molecule has 0 bridgehead atoms. The molecule has 8 aliphatic heterocycles. The average Bonchev–Trinajstić information content (AvgIpc) is 3.81. The average molecular weight is 777 g/mol. The number of carbonyl (C=O) groups excluding carboxylic acids is 2. The van der Waals surface area contributed by atoms with Crippen LogP contribution in [0.25, 0.3) is 0 Å². The minimum Gasteiger partial charge on any atom is -0.460 e. The molecule has 8 heterocycles. The van der Waals surface area contributed by atoms with Crippen LogP contribution in [0.1, 0.15) is 55.4 Å². The van der Waals surface area contributed by atoms with E-state index in [4.69, 9.17) is 65.7 Å². The summed E-state index contributed by atoms with van der Waals surface area (Å²) in [6, 6.07) is 0. The highest BCUT2D eigenvalue weighted by molar-refractivity contribution is 6.70. The van der Waals surface area contributed by atoms with E-state index in [1.807, 2.05) is 67.0 Å². The zero-order valence-electron chi connectivity index (χ0n) is 32.8. The van der Waals surface area contributed by atoms with Crippen molar-refractivity contribution in [1.82, 2.24) is 0 Å². The first-order valence-electron chi connectivity index (χ1n) is 18.1. The summed E-state index contributed by atoms with van der Waals surface area (Å²) in [5.74, 6) is -7.62. The second kappa shape index (κ2) is 11.7. The molecule has 0 unspecified atom stereocenters. The number of esters is 2. The SMILES string of the molecule is CC1(C)O[C@@H]2[C@@H](CO[C@@]2(O[Si](C)(C)C)[C@@]23OC(C)(C)O[C@@H]2COC3=O)O1.CC1(C)O[C@@H]2[C@@H](CO[C@@]2(O[Si](C)(C)C)[C@@]23OC(C)(C)O[C@@H]2COC3=O)O1. The van der Waals surface area contributed by atoms with Gasteiger partial charge < -0.3 is 65.7 Å². The van der Waals surface area contributed by atoms with Crippen molar-refractivity contribution in [1.29, 1.82) is 0 Å². The fourth-order valence-electron chi connectivity index (χ4n) is 8.86. The molecule has 52 heavy (non-hydrogen) atoms. The summed E-state index contributed by atoms with van der Waals surface area (Å²) in [5, 5.41) is 0. The lowest BCUT2D eigenvalue weighted by Crippen LogP contribution is -2.71. The molecular formula is C34H56O16Si2. The van der Waals surface area contributed by atoms with E-state index >= 15 is 0 Å². The van der Waals surface area contributed by atoms with Gasteiger partial charge in [0.25, 0.3) is 11.2 Å². The van der Waals surface area contributed by atoms with E-state index in [1.165, 1.54) is 0 Å². The number of hydrogen-bond donors (Lipinski definition) is 0. The Morgan fingerprint density at radius 2 is 0.846 bits per heavy atom. The van der Waals surface area contributed by atoms with Crippen LogP contribution >= 0.6 is 0 Å². The molecule has 0 amide bonds. The van der Waals surface area contributed by atoms with Crippen molar-refractivity contribution >= 4 is 28.6 Å². The Labute approximate surface area is 307 Å². The van der Waals surface area contributed by atoms with E-state index in [0.717, 1.165) is 0 Å². The molecule has 16 nitrogen and oxygen atoms in total. The first kappa shape index (κ1) is 39.1. The Bertz CT molecular complexity index is 1370. The van der Waals surface area contributed by atoms with Gasteiger partial charge >= 0.3 is 11.9 Å². The van der Waals surface area contributed by atoms with Gasteiger partial charge in [-0.1, -0.05) is 0 Å². The number of hydrogen-bond acceptors (Lipinski definition) is 16. The minimum atomic E-state index is -2.21. The Kier molecular flexibility index (Phi) is 8.82. The summed E-state index contributed by atoms with van der Waals surface area (Å²) < 4.78 is 84.9. The molecule has 296 valence electrons. The van der Waals surface area contributed by atoms with Crippen LogP contribution in [0.5, 0.6) is 0 Å². The van der Waals surface area contributed by atoms with Gasteiger partial charge in [0.05, 0.1) is 13.2 Å². The number of ether oxygens (including phenoxy) is 12. The van der Waals surface area contributed by atoms with E-state index in [-0.39, 0.29) is 38.6 Å². The number of carbonyl (C=O) groups is 2. The Morgan fingerprint density at radius 3 is 1.17 bits per heavy atom. The molecule has 8 fully saturated rings. The van der Waals surface area contributed by atoms with E-state index in [2.05, 4.69) is 0 Å². The van der Waals surface area contributed by atoms with Crippen molar-refractivity contribution in [3.8, 4) is 0 Å². The Morgan fingerprint density at radius 1 is 0.500 bits per heavy atom. The highest BCUT2D eigenvalue weighted by Crippen LogP contribution is 2.58. The maximum Gasteiger partial charge on any atom is 0.347 e. The van der Waals surface area contributed by atoms with E-state index < -0.39 is 98.9 Å². The zero-order valence-corrected chi connectivity index (χ0v) is 34.8. The monoisotopic (exact) mass is 776 g/mol. The predicted octanol–water partition coefficient (Wildman–Crippen LogP) is 3.06. The van der Waals surface area contributed by atoms with Crippen LogP contribution in [0.2, 0.25) is 39.3 Å². The van der Waals surface area contributed by atoms with Crippen molar-refractivity contribution in [3.05, 3.63) is 0 Å². The van der Waals surface area contributed by atoms with Gasteiger partial charge in [0.2, 0.25) is 11.6 Å². The van der Waals surface area contributed by atoms with Gasteiger partial charge in [-0.3, -0.25) is 0 Å². The van der Waals surface area contributed by atoms with Crippen LogP contribution in [0.3, 0.4) is 0 Å². The molecule has 18 heteroatoms. The van der Waals surface area contributed by atoms with Gasteiger partial charge in [-0.2, -0.15) is 0 Å². The van der Waals surface area contributed by atoms with E-state index in [0.29, 0.717) is 0 Å². The number of cyclic esters (lactones) is 2. The molecule has 0 radical (unpaired) electrons. The van der Waals surface area contributed by atoms with Crippen LogP contribution in [0.15, 0.2) is 0 Å². The lowest BCUT2D eigenvalue weighted by atomic mass is 9.85. The molecule has 0 aromatic carbocycles. The normalized spacial score (nSPS) is 46.3. The molecule has 10 atom stereocenters. The van der Waals surface area contributed by atoms with Gasteiger partial charge in [-0.15, -0.1) is 0 Å². The van der Waals surface area contributed by atoms with Crippen molar-refractivity contribution in [2.45, 2.75) is 177 Å². The van der Waals surface area contributed by atoms with E-state index in [9.17, 15) is 9.59 Å². The molecular weight excluding hydrogens is 721 g/mol. The molecule has 0 saturated carbocycles. The van der Waals surface area contributed by atoms with Crippen molar-refractivity contribution in [2.24, 2.45) is 0 Å². The second-order valence-electron chi connectivity index (χ2n) is 18.5. The van der Waals surface area contributed by atoms with Gasteiger partial charge in [-0.25, -0.2) is 9.59 Å². The first-order valence-corrected chi connectivity index (χ1v) is 24.9. The topological polar surface area (TPSA) is 163 Å². The fraction of sp³-hybridized carbons (Fsp3) is 0.941. The predicted molar refractivity (Wildman–Crippen MR) is 181 cm³/mol. The van der Waals surface area contributed by atoms with Crippen molar-refractivity contribution in [3.63, 3.8) is 0 Å². The minimum absolute atomic E-state index is 0.0874. The molecule has 0 aromatic heterocycles. The third-order valence-electron chi connectivity index (χ3n) is 9.90. The third kappa shape index (κ3) is 5.98. The summed E-state index contributed by atoms with van der Waals surface area (Å²) in [7, 11) is -4.43. The molecule has 8 aliphatic rings. The summed E-state index contributed by atoms with van der Waals surface area (Å²) in [4.78, 5) is 26.1. The van der Waals surface area contributed by atoms with E-state index in [1.54, 1.807) is 27.7 Å². The van der Waals surface area contributed by atoms with Gasteiger partial charge in [-0.05, 0) is 94.7 Å². The largest absolute Gasteiger partial charge is 0.460 e. The van der Waals surface area contributed by atoms with Crippen LogP contribution in [-0.4, -0.2) is 138 Å². The summed E-state index contributed by atoms with van der Waals surface area (Å²) in [5.41, 5.74) is -3.11. The number of fused-ring (bicyclic) bond motifs is 4. The molecule has 8 saturated heterocycles. The molecule has 0 aliphatic carbocycles.